The van der Waals surface area contributed by atoms with Crippen molar-refractivity contribution in [1.29, 1.82) is 0 Å². The SMILES string of the molecule is CC(C)c1cc(CN=C(N)Nc2cccc3c2CCCC3)on1.I. The van der Waals surface area contributed by atoms with Gasteiger partial charge < -0.3 is 15.6 Å². The first-order valence-electron chi connectivity index (χ1n) is 8.26. The molecule has 24 heavy (non-hydrogen) atoms. The van der Waals surface area contributed by atoms with Gasteiger partial charge in [-0.15, -0.1) is 24.0 Å². The van der Waals surface area contributed by atoms with E-state index < -0.39 is 0 Å². The highest BCUT2D eigenvalue weighted by molar-refractivity contribution is 14.0. The Morgan fingerprint density at radius 3 is 2.88 bits per heavy atom. The Kier molecular flexibility index (Phi) is 6.65. The van der Waals surface area contributed by atoms with Crippen LogP contribution in [0.25, 0.3) is 0 Å². The van der Waals surface area contributed by atoms with Crippen molar-refractivity contribution in [2.45, 2.75) is 52.0 Å². The van der Waals surface area contributed by atoms with E-state index >= 15 is 0 Å². The van der Waals surface area contributed by atoms with Crippen LogP contribution < -0.4 is 11.1 Å². The maximum absolute atomic E-state index is 6.03. The van der Waals surface area contributed by atoms with Crippen LogP contribution in [0.5, 0.6) is 0 Å². The molecule has 0 saturated carbocycles. The van der Waals surface area contributed by atoms with Gasteiger partial charge in [-0.1, -0.05) is 31.1 Å². The van der Waals surface area contributed by atoms with Crippen LogP contribution in [0.4, 0.5) is 5.69 Å². The molecule has 0 radical (unpaired) electrons. The fraction of sp³-hybridized carbons (Fsp3) is 0.444. The third kappa shape index (κ3) is 4.49. The van der Waals surface area contributed by atoms with Crippen LogP contribution in [-0.4, -0.2) is 11.1 Å². The van der Waals surface area contributed by atoms with E-state index in [1.165, 1.54) is 24.0 Å². The Labute approximate surface area is 160 Å². The van der Waals surface area contributed by atoms with Gasteiger partial charge in [0.25, 0.3) is 0 Å². The summed E-state index contributed by atoms with van der Waals surface area (Å²) in [7, 11) is 0. The van der Waals surface area contributed by atoms with Gasteiger partial charge in [0.1, 0.15) is 6.54 Å². The van der Waals surface area contributed by atoms with Gasteiger partial charge >= 0.3 is 0 Å². The molecule has 130 valence electrons. The molecule has 0 unspecified atom stereocenters. The van der Waals surface area contributed by atoms with Crippen LogP contribution in [0, 0.1) is 0 Å². The van der Waals surface area contributed by atoms with Crippen molar-refractivity contribution in [2.75, 3.05) is 5.32 Å². The fourth-order valence-electron chi connectivity index (χ4n) is 2.91. The highest BCUT2D eigenvalue weighted by Crippen LogP contribution is 2.27. The molecule has 0 fully saturated rings. The van der Waals surface area contributed by atoms with Crippen LogP contribution in [0.3, 0.4) is 0 Å². The van der Waals surface area contributed by atoms with E-state index in [1.807, 2.05) is 6.07 Å². The molecule has 3 rings (SSSR count). The summed E-state index contributed by atoms with van der Waals surface area (Å²) in [4.78, 5) is 4.36. The Bertz CT molecular complexity index is 709. The maximum Gasteiger partial charge on any atom is 0.193 e. The number of nitrogens with one attached hydrogen (secondary N) is 1. The smallest absolute Gasteiger partial charge is 0.193 e. The van der Waals surface area contributed by atoms with Crippen LogP contribution >= 0.6 is 24.0 Å². The summed E-state index contributed by atoms with van der Waals surface area (Å²) in [6, 6.07) is 8.28. The number of aliphatic imine (C=N–C) groups is 1. The van der Waals surface area contributed by atoms with Gasteiger partial charge in [0, 0.05) is 11.8 Å². The fourth-order valence-corrected chi connectivity index (χ4v) is 2.91. The van der Waals surface area contributed by atoms with Gasteiger partial charge in [-0.3, -0.25) is 0 Å². The summed E-state index contributed by atoms with van der Waals surface area (Å²) in [6.07, 6.45) is 4.76. The van der Waals surface area contributed by atoms with E-state index in [9.17, 15) is 0 Å². The van der Waals surface area contributed by atoms with Crippen molar-refractivity contribution in [1.82, 2.24) is 5.16 Å². The number of hydrogen-bond acceptors (Lipinski definition) is 3. The Balaban J connectivity index is 0.00000208. The zero-order valence-electron chi connectivity index (χ0n) is 14.2. The highest BCUT2D eigenvalue weighted by Gasteiger charge is 2.13. The first-order chi connectivity index (χ1) is 11.1. The average molecular weight is 440 g/mol. The molecule has 0 saturated heterocycles. The molecule has 3 N–H and O–H groups in total. The lowest BCUT2D eigenvalue weighted by Crippen LogP contribution is -2.24. The van der Waals surface area contributed by atoms with Crippen LogP contribution in [0.15, 0.2) is 33.8 Å². The number of hydrogen-bond donors (Lipinski definition) is 2. The Morgan fingerprint density at radius 1 is 1.33 bits per heavy atom. The summed E-state index contributed by atoms with van der Waals surface area (Å²) < 4.78 is 5.28. The second-order valence-corrected chi connectivity index (χ2v) is 6.35. The molecule has 5 nitrogen and oxygen atoms in total. The third-order valence-electron chi connectivity index (χ3n) is 4.23. The zero-order valence-corrected chi connectivity index (χ0v) is 16.5. The summed E-state index contributed by atoms with van der Waals surface area (Å²) in [5.74, 6) is 1.49. The minimum atomic E-state index is 0. The number of aryl methyl sites for hydroxylation is 1. The van der Waals surface area contributed by atoms with E-state index in [0.29, 0.717) is 18.4 Å². The molecule has 0 aliphatic heterocycles. The topological polar surface area (TPSA) is 76.4 Å². The molecular formula is C18H25IN4O. The molecule has 1 aromatic heterocycles. The third-order valence-corrected chi connectivity index (χ3v) is 4.23. The van der Waals surface area contributed by atoms with Crippen LogP contribution in [0.2, 0.25) is 0 Å². The number of benzene rings is 1. The normalized spacial score (nSPS) is 14.2. The summed E-state index contributed by atoms with van der Waals surface area (Å²) in [6.45, 7) is 4.56. The van der Waals surface area contributed by atoms with Crippen molar-refractivity contribution in [3.63, 3.8) is 0 Å². The maximum atomic E-state index is 6.03. The van der Waals surface area contributed by atoms with Gasteiger partial charge in [0.15, 0.2) is 11.7 Å². The molecule has 0 amide bonds. The lowest BCUT2D eigenvalue weighted by Gasteiger charge is -2.19. The second-order valence-electron chi connectivity index (χ2n) is 6.35. The van der Waals surface area contributed by atoms with Crippen LogP contribution in [-0.2, 0) is 19.4 Å². The number of fused-ring (bicyclic) bond motifs is 1. The first kappa shape index (κ1) is 18.8. The Hall–Kier alpha value is -1.57. The van der Waals surface area contributed by atoms with E-state index in [4.69, 9.17) is 10.3 Å². The zero-order chi connectivity index (χ0) is 16.2. The number of nitrogens with zero attached hydrogens (tertiary/aromatic N) is 2. The van der Waals surface area contributed by atoms with Gasteiger partial charge in [-0.05, 0) is 48.8 Å². The van der Waals surface area contributed by atoms with Crippen molar-refractivity contribution >= 4 is 35.6 Å². The highest BCUT2D eigenvalue weighted by atomic mass is 127. The van der Waals surface area contributed by atoms with E-state index in [-0.39, 0.29) is 24.0 Å². The predicted octanol–water partition coefficient (Wildman–Crippen LogP) is 4.22. The molecule has 1 aliphatic carbocycles. The predicted molar refractivity (Wildman–Crippen MR) is 108 cm³/mol. The number of aromatic nitrogens is 1. The van der Waals surface area contributed by atoms with E-state index in [0.717, 1.165) is 30.0 Å². The number of rotatable bonds is 4. The average Bonchev–Trinajstić information content (AvgIpc) is 3.03. The molecule has 0 bridgehead atoms. The quantitative estimate of drug-likeness (QED) is 0.424. The second kappa shape index (κ2) is 8.50. The largest absolute Gasteiger partial charge is 0.370 e. The molecule has 0 atom stereocenters. The molecular weight excluding hydrogens is 415 g/mol. The molecule has 6 heteroatoms. The number of anilines is 1. The lowest BCUT2D eigenvalue weighted by atomic mass is 9.90. The molecule has 1 heterocycles. The van der Waals surface area contributed by atoms with Gasteiger partial charge in [0.2, 0.25) is 0 Å². The molecule has 1 aliphatic rings. The number of halogens is 1. The first-order valence-corrected chi connectivity index (χ1v) is 8.26. The minimum absolute atomic E-state index is 0. The van der Waals surface area contributed by atoms with Gasteiger partial charge in [0.05, 0.1) is 5.69 Å². The molecule has 0 spiro atoms. The summed E-state index contributed by atoms with van der Waals surface area (Å²) in [5, 5.41) is 7.27. The molecule has 1 aromatic carbocycles. The Morgan fingerprint density at radius 2 is 2.12 bits per heavy atom. The van der Waals surface area contributed by atoms with E-state index in [1.54, 1.807) is 0 Å². The van der Waals surface area contributed by atoms with Crippen LogP contribution in [0.1, 0.15) is 55.2 Å². The minimum Gasteiger partial charge on any atom is -0.370 e. The standard InChI is InChI=1S/C18H24N4O.HI/c1-12(2)17-10-14(23-22-17)11-20-18(19)21-16-9-5-7-13-6-3-4-8-15(13)16;/h5,7,9-10,12H,3-4,6,8,11H2,1-2H3,(H3,19,20,21);1H. The lowest BCUT2D eigenvalue weighted by molar-refractivity contribution is 0.376. The summed E-state index contributed by atoms with van der Waals surface area (Å²) >= 11 is 0. The van der Waals surface area contributed by atoms with E-state index in [2.05, 4.69) is 47.5 Å². The van der Waals surface area contributed by atoms with Crippen molar-refractivity contribution in [3.8, 4) is 0 Å². The number of guanidine groups is 1. The van der Waals surface area contributed by atoms with Gasteiger partial charge in [-0.25, -0.2) is 4.99 Å². The monoisotopic (exact) mass is 440 g/mol. The number of nitrogens with two attached hydrogens (primary N) is 1. The van der Waals surface area contributed by atoms with Crippen molar-refractivity contribution < 1.29 is 4.52 Å². The van der Waals surface area contributed by atoms with Crippen molar-refractivity contribution in [3.05, 3.63) is 46.8 Å². The van der Waals surface area contributed by atoms with Gasteiger partial charge in [-0.2, -0.15) is 0 Å². The molecule has 2 aromatic rings. The summed E-state index contributed by atoms with van der Waals surface area (Å²) in [5.41, 5.74) is 10.8. The van der Waals surface area contributed by atoms with Crippen molar-refractivity contribution in [2.24, 2.45) is 10.7 Å².